The van der Waals surface area contributed by atoms with E-state index < -0.39 is 29.5 Å². The maximum Gasteiger partial charge on any atom is 0.264 e. The summed E-state index contributed by atoms with van der Waals surface area (Å²) in [4.78, 5) is 20.8. The highest BCUT2D eigenvalue weighted by Crippen LogP contribution is 2.48. The fraction of sp³-hybridized carbons (Fsp3) is 0.619. The Balaban J connectivity index is 1.50. The van der Waals surface area contributed by atoms with Crippen LogP contribution in [-0.4, -0.2) is 58.7 Å². The zero-order valence-corrected chi connectivity index (χ0v) is 35.6. The molecule has 1 N–H and O–H groups in total. The molecule has 2 aromatic rings. The fourth-order valence-corrected chi connectivity index (χ4v) is 10.8. The number of carbonyl (C=O) groups excluding carboxylic acids is 1. The Kier molecular flexibility index (Phi) is 13.3. The first-order valence-corrected chi connectivity index (χ1v) is 24.6. The molecule has 0 radical (unpaired) electrons. The predicted molar refractivity (Wildman–Crippen MR) is 220 cm³/mol. The molecule has 292 valence electrons. The minimum absolute atomic E-state index is 0.0366. The number of aromatic nitrogens is 1. The van der Waals surface area contributed by atoms with Gasteiger partial charge in [0.25, 0.3) is 5.91 Å². The maximum atomic E-state index is 13.7. The lowest BCUT2D eigenvalue weighted by atomic mass is 9.69. The molecular formula is C42H62ClN3O5SSi. The first-order chi connectivity index (χ1) is 25.0. The molecule has 2 unspecified atom stereocenters. The van der Waals surface area contributed by atoms with E-state index in [9.17, 15) is 13.2 Å². The van der Waals surface area contributed by atoms with Crippen LogP contribution in [-0.2, 0) is 26.3 Å². The summed E-state index contributed by atoms with van der Waals surface area (Å²) in [6.45, 7) is 21.2. The Morgan fingerprint density at radius 1 is 1.21 bits per heavy atom. The molecule has 0 saturated heterocycles. The van der Waals surface area contributed by atoms with Gasteiger partial charge in [0.05, 0.1) is 23.6 Å². The maximum absolute atomic E-state index is 13.7. The zero-order chi connectivity index (χ0) is 38.6. The number of benzene rings is 1. The number of aryl methyl sites for hydroxylation is 1. The number of fused-ring (bicyclic) bond motifs is 3. The van der Waals surface area contributed by atoms with Crippen molar-refractivity contribution in [1.82, 2.24) is 9.71 Å². The molecule has 1 aromatic carbocycles. The van der Waals surface area contributed by atoms with Crippen LogP contribution in [0, 0.1) is 11.8 Å². The quantitative estimate of drug-likeness (QED) is 0.109. The lowest BCUT2D eigenvalue weighted by Crippen LogP contribution is -2.52. The van der Waals surface area contributed by atoms with Crippen LogP contribution in [0.5, 0.6) is 5.75 Å². The fourth-order valence-electron chi connectivity index (χ4n) is 7.97. The van der Waals surface area contributed by atoms with E-state index in [1.807, 2.05) is 25.1 Å². The average molecular weight is 785 g/mol. The Hall–Kier alpha value is -2.66. The number of hydrogen-bond donors (Lipinski definition) is 1. The normalized spacial score (nSPS) is 23.0. The number of carbonyl (C=O) groups is 1. The number of pyridine rings is 1. The molecule has 3 aliphatic rings. The molecule has 0 bridgehead atoms. The van der Waals surface area contributed by atoms with Crippen LogP contribution in [0.2, 0.25) is 23.3 Å². The highest BCUT2D eigenvalue weighted by molar-refractivity contribution is 7.90. The lowest BCUT2D eigenvalue weighted by Gasteiger charge is -2.48. The van der Waals surface area contributed by atoms with Crippen molar-refractivity contribution < 1.29 is 22.4 Å². The van der Waals surface area contributed by atoms with Crippen molar-refractivity contribution in [2.75, 3.05) is 24.6 Å². The van der Waals surface area contributed by atoms with Crippen LogP contribution in [0.3, 0.4) is 0 Å². The van der Waals surface area contributed by atoms with Crippen LogP contribution >= 0.6 is 11.6 Å². The molecule has 5 atom stereocenters. The number of unbranched alkanes of at least 4 members (excludes halogenated alkanes) is 1. The van der Waals surface area contributed by atoms with E-state index in [1.54, 1.807) is 12.1 Å². The second-order valence-electron chi connectivity index (χ2n) is 17.0. The summed E-state index contributed by atoms with van der Waals surface area (Å²) < 4.78 is 42.9. The van der Waals surface area contributed by atoms with Crippen molar-refractivity contribution >= 4 is 41.5 Å². The van der Waals surface area contributed by atoms with E-state index in [-0.39, 0.29) is 16.6 Å². The van der Waals surface area contributed by atoms with Crippen LogP contribution in [0.15, 0.2) is 55.1 Å². The summed E-state index contributed by atoms with van der Waals surface area (Å²) >= 11 is 6.39. The van der Waals surface area contributed by atoms with Crippen LogP contribution in [0.4, 0.5) is 5.69 Å². The molecule has 5 rings (SSSR count). The number of amides is 1. The summed E-state index contributed by atoms with van der Waals surface area (Å²) in [6.07, 6.45) is 14.8. The molecule has 53 heavy (non-hydrogen) atoms. The van der Waals surface area contributed by atoms with Gasteiger partial charge in [-0.25, -0.2) is 18.1 Å². The highest BCUT2D eigenvalue weighted by atomic mass is 35.5. The molecule has 1 saturated carbocycles. The number of hydrogen-bond acceptors (Lipinski definition) is 7. The van der Waals surface area contributed by atoms with Gasteiger partial charge < -0.3 is 14.1 Å². The smallest absolute Gasteiger partial charge is 0.264 e. The van der Waals surface area contributed by atoms with Crippen molar-refractivity contribution in [1.29, 1.82) is 0 Å². The molecule has 11 heteroatoms. The van der Waals surface area contributed by atoms with Crippen molar-refractivity contribution in [3.63, 3.8) is 0 Å². The molecule has 2 aliphatic carbocycles. The molecule has 2 heterocycles. The van der Waals surface area contributed by atoms with Gasteiger partial charge in [0, 0.05) is 29.8 Å². The summed E-state index contributed by atoms with van der Waals surface area (Å²) in [5, 5.41) is -0.0892. The molecule has 1 amide bonds. The van der Waals surface area contributed by atoms with Crippen LogP contribution < -0.4 is 14.4 Å². The Labute approximate surface area is 325 Å². The molecular weight excluding hydrogens is 722 g/mol. The van der Waals surface area contributed by atoms with E-state index in [1.165, 1.54) is 5.56 Å². The third-order valence-corrected chi connectivity index (χ3v) is 18.9. The summed E-state index contributed by atoms with van der Waals surface area (Å²) in [5.41, 5.74) is 2.98. The Morgan fingerprint density at radius 3 is 2.64 bits per heavy atom. The van der Waals surface area contributed by atoms with E-state index >= 15 is 0 Å². The summed E-state index contributed by atoms with van der Waals surface area (Å²) in [6, 6.07) is 9.33. The molecule has 1 fully saturated rings. The van der Waals surface area contributed by atoms with Gasteiger partial charge in [-0.3, -0.25) is 4.79 Å². The van der Waals surface area contributed by atoms with E-state index in [0.29, 0.717) is 60.7 Å². The third kappa shape index (κ3) is 9.42. The molecule has 1 aromatic heterocycles. The van der Waals surface area contributed by atoms with Gasteiger partial charge in [-0.05, 0) is 118 Å². The number of nitrogens with one attached hydrogen (secondary N) is 1. The minimum Gasteiger partial charge on any atom is -0.490 e. The lowest BCUT2D eigenvalue weighted by molar-refractivity contribution is 0.0524. The first-order valence-electron chi connectivity index (χ1n) is 19.7. The number of nitrogens with zero attached hydrogens (tertiary/aromatic N) is 2. The topological polar surface area (TPSA) is 97.8 Å². The van der Waals surface area contributed by atoms with Crippen molar-refractivity contribution in [3.05, 3.63) is 77.1 Å². The third-order valence-electron chi connectivity index (χ3n) is 12.3. The zero-order valence-electron chi connectivity index (χ0n) is 33.0. The van der Waals surface area contributed by atoms with E-state index in [2.05, 4.69) is 75.2 Å². The largest absolute Gasteiger partial charge is 0.490 e. The number of rotatable bonds is 15. The number of sulfonamides is 1. The summed E-state index contributed by atoms with van der Waals surface area (Å²) in [7, 11) is -5.94. The summed E-state index contributed by atoms with van der Waals surface area (Å²) in [5.74, 6) is 0.785. The molecule has 8 nitrogen and oxygen atoms in total. The number of anilines is 1. The Bertz CT molecular complexity index is 1760. The van der Waals surface area contributed by atoms with Gasteiger partial charge in [-0.15, -0.1) is 6.58 Å². The van der Waals surface area contributed by atoms with Gasteiger partial charge in [0.2, 0.25) is 10.0 Å². The number of allylic oxidation sites excluding steroid dienone is 2. The second-order valence-corrected chi connectivity index (χ2v) is 24.2. The van der Waals surface area contributed by atoms with Gasteiger partial charge in [-0.2, -0.15) is 0 Å². The van der Waals surface area contributed by atoms with Crippen molar-refractivity contribution in [2.45, 2.75) is 134 Å². The monoisotopic (exact) mass is 783 g/mol. The van der Waals surface area contributed by atoms with Crippen LogP contribution in [0.1, 0.15) is 114 Å². The second kappa shape index (κ2) is 17.0. The van der Waals surface area contributed by atoms with Gasteiger partial charge in [-0.1, -0.05) is 76.9 Å². The minimum atomic E-state index is -3.89. The van der Waals surface area contributed by atoms with Gasteiger partial charge in [0.1, 0.15) is 10.9 Å². The van der Waals surface area contributed by atoms with Crippen molar-refractivity contribution in [3.8, 4) is 5.75 Å². The highest BCUT2D eigenvalue weighted by Gasteiger charge is 2.47. The van der Waals surface area contributed by atoms with E-state index in [4.69, 9.17) is 25.7 Å². The predicted octanol–water partition coefficient (Wildman–Crippen LogP) is 9.79. The SMILES string of the molecule is C=CCCC(CC)S(=O)(=O)NC(=O)c1ccc2c(c1)N(C[C@@H]1CC[C@H]1C(/C=C/CCC)O[Si](C)(C)C(C)(C)C)C[C@@]1(CCCc3nc(Cl)ccc31)CO2. The van der Waals surface area contributed by atoms with Crippen molar-refractivity contribution in [2.24, 2.45) is 11.8 Å². The molecule has 1 aliphatic heterocycles. The number of ether oxygens (including phenoxy) is 1. The standard InChI is InChI=1S/C42H62ClN3O5SSi/c1-9-12-14-18-37(51-53(7,8)41(4,5)6)33-21-19-31(33)27-46-28-42(25-15-17-35-34(42)22-24-39(43)44-35)29-50-38-23-20-30(26-36(38)46)40(47)45-52(48,49)32(11-3)16-13-10-2/h10,14,18,20,22-24,26,31-33,37H,2,9,11-13,15-17,19,21,25,27-29H2,1,3-8H3,(H,45,47)/b18-14+/t31-,32?,33+,37?,42-/m0/s1. The first kappa shape index (κ1) is 41.5. The van der Waals surface area contributed by atoms with Crippen LogP contribution in [0.25, 0.3) is 0 Å². The van der Waals surface area contributed by atoms with E-state index in [0.717, 1.165) is 62.9 Å². The average Bonchev–Trinajstić information content (AvgIpc) is 3.22. The number of halogens is 1. The Morgan fingerprint density at radius 2 is 1.98 bits per heavy atom. The van der Waals surface area contributed by atoms with Gasteiger partial charge in [0.15, 0.2) is 8.32 Å². The van der Waals surface area contributed by atoms with Gasteiger partial charge >= 0.3 is 0 Å². The molecule has 1 spiro atoms.